The average molecular weight is 711 g/mol. The topological polar surface area (TPSA) is 19.6 Å². The number of benzene rings is 5. The maximum absolute atomic E-state index is 7.11. The molecule has 4 heteroatoms. The second kappa shape index (κ2) is 10.7. The maximum atomic E-state index is 7.11. The Morgan fingerprint density at radius 2 is 1.30 bits per heavy atom. The molecule has 0 N–H and O–H groups in total. The Kier molecular flexibility index (Phi) is 6.72. The Bertz CT molecular complexity index is 2560. The molecule has 1 aliphatic carbocycles. The van der Waals surface area contributed by atoms with Crippen LogP contribution in [0.5, 0.6) is 0 Å². The van der Waals surface area contributed by atoms with Crippen molar-refractivity contribution in [3.8, 4) is 11.1 Å². The number of hydrogen-bond acceptors (Lipinski definition) is 3. The van der Waals surface area contributed by atoms with E-state index in [4.69, 9.17) is 4.42 Å². The Morgan fingerprint density at radius 3 is 2.00 bits per heavy atom. The number of rotatable bonds is 1. The van der Waals surface area contributed by atoms with E-state index in [2.05, 4.69) is 171 Å². The minimum Gasteiger partial charge on any atom is -0.454 e. The van der Waals surface area contributed by atoms with E-state index >= 15 is 0 Å². The molecule has 1 saturated carbocycles. The zero-order valence-corrected chi connectivity index (χ0v) is 34.3. The summed E-state index contributed by atoms with van der Waals surface area (Å²) in [6.07, 6.45) is 4.85. The molecule has 6 aromatic rings. The van der Waals surface area contributed by atoms with Gasteiger partial charge in [0.2, 0.25) is 0 Å². The second-order valence-corrected chi connectivity index (χ2v) is 20.6. The minimum absolute atomic E-state index is 0.00257. The third-order valence-electron chi connectivity index (χ3n) is 14.3. The van der Waals surface area contributed by atoms with Crippen LogP contribution >= 0.6 is 0 Å². The van der Waals surface area contributed by atoms with Crippen molar-refractivity contribution >= 4 is 62.5 Å². The van der Waals surface area contributed by atoms with Gasteiger partial charge in [-0.15, -0.1) is 0 Å². The number of hydrogen-bond donors (Lipinski definition) is 0. The normalized spacial score (nSPS) is 21.7. The first kappa shape index (κ1) is 34.1. The summed E-state index contributed by atoms with van der Waals surface area (Å²) in [7, 11) is 0. The number of furan rings is 1. The molecule has 3 nitrogen and oxygen atoms in total. The Balaban J connectivity index is 1.40. The van der Waals surface area contributed by atoms with Gasteiger partial charge in [-0.2, -0.15) is 0 Å². The molecule has 0 bridgehead atoms. The van der Waals surface area contributed by atoms with Crippen LogP contribution in [0.15, 0.2) is 89.3 Å². The molecule has 3 aliphatic heterocycles. The lowest BCUT2D eigenvalue weighted by molar-refractivity contribution is 0.195. The highest BCUT2D eigenvalue weighted by atomic mass is 16.3. The molecule has 54 heavy (non-hydrogen) atoms. The molecule has 2 unspecified atom stereocenters. The lowest BCUT2D eigenvalue weighted by Gasteiger charge is -2.53. The summed E-state index contributed by atoms with van der Waals surface area (Å²) in [6.45, 7) is 26.3. The quantitative estimate of drug-likeness (QED) is 0.158. The zero-order valence-electron chi connectivity index (χ0n) is 34.3. The standard InChI is InChI=1S/C50H55BN2O/c1-46(2,3)30-18-21-33(22-19-30)53-40-28-31(47(4,5)6)20-23-34(40)36-29-37-35-16-12-13-17-41(35)54-45(37)44-42(36)51(53)39-27-32(48(7,8)9)26-38-43(39)52(44)50(11)25-15-14-24-49(38,50)10/h12-13,16-23,26-29H,14-15,24-25H2,1-11H3. The maximum Gasteiger partial charge on any atom is 0.333 e. The smallest absolute Gasteiger partial charge is 0.333 e. The molecule has 10 rings (SSSR count). The first-order valence-corrected chi connectivity index (χ1v) is 20.4. The van der Waals surface area contributed by atoms with Crippen molar-refractivity contribution in [2.45, 2.75) is 129 Å². The SMILES string of the molecule is CC(C)(C)c1ccc(N2B3c4cc(C(C)(C)C)cc5c4N(c4c3c(cc3c4oc4ccccc43)-c3ccc(C(C)(C)C)cc32)C2(C)CCCCC52C)cc1. The molecule has 1 fully saturated rings. The summed E-state index contributed by atoms with van der Waals surface area (Å²) in [4.78, 5) is 5.54. The van der Waals surface area contributed by atoms with Crippen molar-refractivity contribution in [3.05, 3.63) is 107 Å². The van der Waals surface area contributed by atoms with Gasteiger partial charge in [0.05, 0.1) is 11.2 Å². The van der Waals surface area contributed by atoms with Crippen LogP contribution in [0.3, 0.4) is 0 Å². The molecule has 2 atom stereocenters. The number of nitrogens with zero attached hydrogens (tertiary/aromatic N) is 2. The largest absolute Gasteiger partial charge is 0.454 e. The summed E-state index contributed by atoms with van der Waals surface area (Å²) >= 11 is 0. The second-order valence-electron chi connectivity index (χ2n) is 20.6. The van der Waals surface area contributed by atoms with Crippen molar-refractivity contribution in [1.82, 2.24) is 0 Å². The third kappa shape index (κ3) is 4.37. The highest BCUT2D eigenvalue weighted by Crippen LogP contribution is 2.63. The lowest BCUT2D eigenvalue weighted by Crippen LogP contribution is -2.64. The molecule has 1 aromatic heterocycles. The fourth-order valence-corrected chi connectivity index (χ4v) is 10.8. The van der Waals surface area contributed by atoms with Gasteiger partial charge in [0.1, 0.15) is 5.58 Å². The van der Waals surface area contributed by atoms with E-state index in [0.29, 0.717) is 0 Å². The molecule has 0 saturated heterocycles. The number of anilines is 4. The van der Waals surface area contributed by atoms with Crippen LogP contribution in [0, 0.1) is 0 Å². The third-order valence-corrected chi connectivity index (χ3v) is 14.3. The van der Waals surface area contributed by atoms with E-state index < -0.39 is 0 Å². The van der Waals surface area contributed by atoms with E-state index in [1.54, 1.807) is 0 Å². The van der Waals surface area contributed by atoms with Crippen molar-refractivity contribution in [2.75, 3.05) is 9.71 Å². The summed E-state index contributed by atoms with van der Waals surface area (Å²) in [5.74, 6) is 0. The van der Waals surface area contributed by atoms with Crippen LogP contribution in [0.4, 0.5) is 22.7 Å². The Hall–Kier alpha value is -4.44. The first-order chi connectivity index (χ1) is 25.4. The van der Waals surface area contributed by atoms with E-state index in [1.807, 2.05) is 0 Å². The van der Waals surface area contributed by atoms with Crippen molar-refractivity contribution in [3.63, 3.8) is 0 Å². The molecular formula is C50H55BN2O. The molecule has 5 aromatic carbocycles. The summed E-state index contributed by atoms with van der Waals surface area (Å²) < 4.78 is 7.11. The van der Waals surface area contributed by atoms with Crippen LogP contribution in [0.2, 0.25) is 0 Å². The van der Waals surface area contributed by atoms with Gasteiger partial charge in [0, 0.05) is 38.8 Å². The van der Waals surface area contributed by atoms with E-state index in [1.165, 1.54) is 97.1 Å². The molecule has 0 radical (unpaired) electrons. The highest BCUT2D eigenvalue weighted by Gasteiger charge is 2.62. The molecule has 4 heterocycles. The van der Waals surface area contributed by atoms with Crippen LogP contribution in [0.25, 0.3) is 33.1 Å². The van der Waals surface area contributed by atoms with Gasteiger partial charge in [-0.1, -0.05) is 137 Å². The number of para-hydroxylation sites is 1. The summed E-state index contributed by atoms with van der Waals surface area (Å²) in [5.41, 5.74) is 18.3. The van der Waals surface area contributed by atoms with Gasteiger partial charge in [0.15, 0.2) is 5.58 Å². The van der Waals surface area contributed by atoms with E-state index in [9.17, 15) is 0 Å². The minimum atomic E-state index is -0.0968. The van der Waals surface area contributed by atoms with Crippen molar-refractivity contribution in [2.24, 2.45) is 0 Å². The van der Waals surface area contributed by atoms with Crippen LogP contribution in [-0.2, 0) is 21.7 Å². The first-order valence-electron chi connectivity index (χ1n) is 20.4. The van der Waals surface area contributed by atoms with Crippen LogP contribution in [-0.4, -0.2) is 12.4 Å². The van der Waals surface area contributed by atoms with Gasteiger partial charge in [-0.25, -0.2) is 0 Å². The van der Waals surface area contributed by atoms with Gasteiger partial charge >= 0.3 is 6.85 Å². The molecule has 274 valence electrons. The molecule has 4 aliphatic rings. The molecular weight excluding hydrogens is 655 g/mol. The zero-order chi connectivity index (χ0) is 37.9. The predicted molar refractivity (Wildman–Crippen MR) is 232 cm³/mol. The molecule has 0 amide bonds. The fourth-order valence-electron chi connectivity index (χ4n) is 10.8. The van der Waals surface area contributed by atoms with Crippen molar-refractivity contribution < 1.29 is 4.42 Å². The van der Waals surface area contributed by atoms with E-state index in [-0.39, 0.29) is 34.0 Å². The van der Waals surface area contributed by atoms with Gasteiger partial charge < -0.3 is 14.1 Å². The van der Waals surface area contributed by atoms with Gasteiger partial charge in [0.25, 0.3) is 0 Å². The van der Waals surface area contributed by atoms with Crippen molar-refractivity contribution in [1.29, 1.82) is 0 Å². The van der Waals surface area contributed by atoms with Crippen LogP contribution < -0.4 is 20.6 Å². The average Bonchev–Trinajstić information content (AvgIpc) is 3.59. The van der Waals surface area contributed by atoms with Crippen LogP contribution in [0.1, 0.15) is 124 Å². The molecule has 0 spiro atoms. The van der Waals surface area contributed by atoms with E-state index in [0.717, 1.165) is 17.6 Å². The van der Waals surface area contributed by atoms with Gasteiger partial charge in [-0.05, 0) is 105 Å². The predicted octanol–water partition coefficient (Wildman–Crippen LogP) is 12.5. The summed E-state index contributed by atoms with van der Waals surface area (Å²) in [5, 5.41) is 2.41. The Labute approximate surface area is 322 Å². The fraction of sp³-hybridized carbons (Fsp3) is 0.400. The Morgan fingerprint density at radius 1 is 0.630 bits per heavy atom. The number of fused-ring (bicyclic) bond motifs is 11. The lowest BCUT2D eigenvalue weighted by atomic mass is 9.43. The monoisotopic (exact) mass is 710 g/mol. The highest BCUT2D eigenvalue weighted by molar-refractivity contribution is 6.94. The van der Waals surface area contributed by atoms with Gasteiger partial charge in [-0.3, -0.25) is 0 Å². The summed E-state index contributed by atoms with van der Waals surface area (Å²) in [6, 6.07) is 33.2.